The lowest BCUT2D eigenvalue weighted by Gasteiger charge is -2.18. The number of nitrogens with zero attached hydrogens (tertiary/aromatic N) is 2. The highest BCUT2D eigenvalue weighted by Crippen LogP contribution is 2.33. The van der Waals surface area contributed by atoms with E-state index >= 15 is 0 Å². The van der Waals surface area contributed by atoms with E-state index < -0.39 is 0 Å². The fourth-order valence-electron chi connectivity index (χ4n) is 2.52. The van der Waals surface area contributed by atoms with Crippen molar-refractivity contribution in [1.82, 2.24) is 14.9 Å². The lowest BCUT2D eigenvalue weighted by Crippen LogP contribution is -2.25. The molecule has 19 heavy (non-hydrogen) atoms. The number of H-pyrrole nitrogens is 1. The summed E-state index contributed by atoms with van der Waals surface area (Å²) < 4.78 is 2.22. The van der Waals surface area contributed by atoms with Crippen LogP contribution in [0.25, 0.3) is 22.9 Å². The average molecular weight is 252 g/mol. The third-order valence-corrected chi connectivity index (χ3v) is 3.47. The molecule has 1 aliphatic heterocycles. The van der Waals surface area contributed by atoms with Gasteiger partial charge in [-0.05, 0) is 12.8 Å². The number of aromatic amines is 1. The van der Waals surface area contributed by atoms with E-state index in [9.17, 15) is 0 Å². The zero-order valence-electron chi connectivity index (χ0n) is 10.7. The molecule has 0 atom stereocenters. The first-order valence-corrected chi connectivity index (χ1v) is 6.19. The highest BCUT2D eigenvalue weighted by Gasteiger charge is 2.16. The first kappa shape index (κ1) is 11.6. The summed E-state index contributed by atoms with van der Waals surface area (Å²) in [4.78, 5) is 7.09. The Morgan fingerprint density at radius 2 is 2.26 bits per heavy atom. The molecule has 0 radical (unpaired) electrons. The monoisotopic (exact) mass is 252 g/mol. The van der Waals surface area contributed by atoms with Crippen molar-refractivity contribution in [2.24, 2.45) is 4.99 Å². The number of hydrogen-bond acceptors (Lipinski definition) is 2. The van der Waals surface area contributed by atoms with Gasteiger partial charge in [0.15, 0.2) is 0 Å². The van der Waals surface area contributed by atoms with Crippen molar-refractivity contribution in [2.75, 3.05) is 6.54 Å². The van der Waals surface area contributed by atoms with Crippen LogP contribution in [0.2, 0.25) is 0 Å². The molecule has 0 aliphatic carbocycles. The van der Waals surface area contributed by atoms with Crippen LogP contribution in [0.4, 0.5) is 5.82 Å². The molecule has 4 nitrogen and oxygen atoms in total. The Kier molecular flexibility index (Phi) is 2.63. The van der Waals surface area contributed by atoms with Crippen molar-refractivity contribution in [1.29, 1.82) is 0 Å². The lowest BCUT2D eigenvalue weighted by atomic mass is 10.1. The van der Waals surface area contributed by atoms with E-state index in [1.54, 1.807) is 6.08 Å². The van der Waals surface area contributed by atoms with E-state index in [0.717, 1.165) is 47.0 Å². The summed E-state index contributed by atoms with van der Waals surface area (Å²) in [7, 11) is 0. The number of fused-ring (bicyclic) bond motifs is 1. The Labute approximate surface area is 112 Å². The summed E-state index contributed by atoms with van der Waals surface area (Å²) in [6.45, 7) is 13.3. The van der Waals surface area contributed by atoms with Crippen LogP contribution in [0.5, 0.6) is 0 Å². The molecule has 1 aliphatic rings. The van der Waals surface area contributed by atoms with E-state index in [-0.39, 0.29) is 0 Å². The second kappa shape index (κ2) is 4.31. The van der Waals surface area contributed by atoms with Crippen LogP contribution in [0, 0.1) is 0 Å². The minimum Gasteiger partial charge on any atom is -0.382 e. The average Bonchev–Trinajstić information content (AvgIpc) is 3.01. The molecule has 3 heterocycles. The highest BCUT2D eigenvalue weighted by atomic mass is 15.1. The first-order chi connectivity index (χ1) is 9.24. The standard InChI is InChI=1S/C15H16N4/c1-4-12-13(8-18-15(12)16-3)11-7-14-10(2)17-5-6-19(14)9-11/h4,7-9,17-18H,1-3,5-6H2. The smallest absolute Gasteiger partial charge is 0.137 e. The quantitative estimate of drug-likeness (QED) is 0.810. The van der Waals surface area contributed by atoms with Gasteiger partial charge in [0, 0.05) is 42.2 Å². The van der Waals surface area contributed by atoms with Crippen LogP contribution >= 0.6 is 0 Å². The van der Waals surface area contributed by atoms with Crippen LogP contribution < -0.4 is 5.32 Å². The molecule has 4 heteroatoms. The van der Waals surface area contributed by atoms with Gasteiger partial charge in [0.25, 0.3) is 0 Å². The Morgan fingerprint density at radius 3 is 2.95 bits per heavy atom. The molecule has 0 unspecified atom stereocenters. The summed E-state index contributed by atoms with van der Waals surface area (Å²) in [6.07, 6.45) is 5.89. The van der Waals surface area contributed by atoms with E-state index in [1.807, 2.05) is 6.20 Å². The van der Waals surface area contributed by atoms with E-state index in [4.69, 9.17) is 0 Å². The number of aromatic nitrogens is 2. The summed E-state index contributed by atoms with van der Waals surface area (Å²) in [6, 6.07) is 2.14. The molecule has 0 saturated carbocycles. The van der Waals surface area contributed by atoms with E-state index in [0.29, 0.717) is 0 Å². The van der Waals surface area contributed by atoms with Crippen molar-refractivity contribution >= 4 is 24.3 Å². The minimum absolute atomic E-state index is 0.756. The van der Waals surface area contributed by atoms with Crippen LogP contribution in [0.1, 0.15) is 11.3 Å². The van der Waals surface area contributed by atoms with Crippen molar-refractivity contribution in [3.63, 3.8) is 0 Å². The second-order valence-corrected chi connectivity index (χ2v) is 4.54. The molecule has 0 fully saturated rings. The van der Waals surface area contributed by atoms with Gasteiger partial charge in [-0.1, -0.05) is 19.2 Å². The molecule has 0 saturated heterocycles. The van der Waals surface area contributed by atoms with Gasteiger partial charge in [0.05, 0.1) is 11.4 Å². The molecule has 0 spiro atoms. The number of hydrogen-bond donors (Lipinski definition) is 2. The highest BCUT2D eigenvalue weighted by molar-refractivity contribution is 5.82. The lowest BCUT2D eigenvalue weighted by molar-refractivity contribution is 0.628. The molecule has 0 amide bonds. The zero-order chi connectivity index (χ0) is 13.4. The van der Waals surface area contributed by atoms with Crippen LogP contribution in [-0.4, -0.2) is 22.8 Å². The van der Waals surface area contributed by atoms with Crippen LogP contribution in [-0.2, 0) is 6.54 Å². The zero-order valence-corrected chi connectivity index (χ0v) is 10.7. The van der Waals surface area contributed by atoms with Crippen molar-refractivity contribution in [3.05, 3.63) is 42.9 Å². The van der Waals surface area contributed by atoms with Gasteiger partial charge in [-0.3, -0.25) is 0 Å². The minimum atomic E-state index is 0.756. The summed E-state index contributed by atoms with van der Waals surface area (Å²) >= 11 is 0. The summed E-state index contributed by atoms with van der Waals surface area (Å²) in [5, 5.41) is 3.28. The van der Waals surface area contributed by atoms with Crippen LogP contribution in [0.3, 0.4) is 0 Å². The maximum atomic E-state index is 4.04. The fourth-order valence-corrected chi connectivity index (χ4v) is 2.52. The molecule has 96 valence electrons. The SMILES string of the molecule is C=Cc1c(-c2cc3n(c2)CCNC3=C)c[nH]c1N=C. The van der Waals surface area contributed by atoms with E-state index in [2.05, 4.69) is 52.0 Å². The molecule has 0 aromatic carbocycles. The Balaban J connectivity index is 2.13. The Hall–Kier alpha value is -2.49. The molecular weight excluding hydrogens is 236 g/mol. The van der Waals surface area contributed by atoms with Gasteiger partial charge in [0.1, 0.15) is 5.82 Å². The molecule has 0 bridgehead atoms. The van der Waals surface area contributed by atoms with Crippen LogP contribution in [0.15, 0.2) is 36.6 Å². The van der Waals surface area contributed by atoms with Gasteiger partial charge in [-0.15, -0.1) is 0 Å². The van der Waals surface area contributed by atoms with Crippen molar-refractivity contribution in [2.45, 2.75) is 6.54 Å². The van der Waals surface area contributed by atoms with Gasteiger partial charge >= 0.3 is 0 Å². The number of rotatable bonds is 3. The third-order valence-electron chi connectivity index (χ3n) is 3.47. The molecule has 2 N–H and O–H groups in total. The maximum Gasteiger partial charge on any atom is 0.137 e. The Morgan fingerprint density at radius 1 is 1.42 bits per heavy atom. The normalized spacial score (nSPS) is 13.8. The fraction of sp³-hybridized carbons (Fsp3) is 0.133. The molecule has 2 aromatic heterocycles. The van der Waals surface area contributed by atoms with Crippen molar-refractivity contribution < 1.29 is 0 Å². The Bertz CT molecular complexity index is 672. The predicted molar refractivity (Wildman–Crippen MR) is 80.6 cm³/mol. The summed E-state index contributed by atoms with van der Waals surface area (Å²) in [5.74, 6) is 0.756. The first-order valence-electron chi connectivity index (χ1n) is 6.19. The maximum absolute atomic E-state index is 4.04. The summed E-state index contributed by atoms with van der Waals surface area (Å²) in [5.41, 5.74) is 5.31. The van der Waals surface area contributed by atoms with Gasteiger partial charge in [-0.2, -0.15) is 0 Å². The third kappa shape index (κ3) is 1.73. The number of aliphatic imine (C=N–C) groups is 1. The van der Waals surface area contributed by atoms with Crippen molar-refractivity contribution in [3.8, 4) is 11.1 Å². The molecule has 2 aromatic rings. The molecule has 3 rings (SSSR count). The second-order valence-electron chi connectivity index (χ2n) is 4.54. The van der Waals surface area contributed by atoms with E-state index in [1.165, 1.54) is 0 Å². The van der Waals surface area contributed by atoms with Gasteiger partial charge in [-0.25, -0.2) is 4.99 Å². The topological polar surface area (TPSA) is 45.1 Å². The predicted octanol–water partition coefficient (Wildman–Crippen LogP) is 3.03. The van der Waals surface area contributed by atoms with Gasteiger partial charge in [0.2, 0.25) is 0 Å². The largest absolute Gasteiger partial charge is 0.382 e. The number of nitrogens with one attached hydrogen (secondary N) is 2. The molecular formula is C15H16N4. The van der Waals surface area contributed by atoms with Gasteiger partial charge < -0.3 is 14.9 Å².